The van der Waals surface area contributed by atoms with Crippen LogP contribution in [-0.2, 0) is 0 Å². The van der Waals surface area contributed by atoms with Crippen molar-refractivity contribution in [3.63, 3.8) is 0 Å². The molecule has 1 aliphatic heterocycles. The van der Waals surface area contributed by atoms with Crippen molar-refractivity contribution < 1.29 is 5.11 Å². The summed E-state index contributed by atoms with van der Waals surface area (Å²) in [5.74, 6) is 0. The zero-order valence-electron chi connectivity index (χ0n) is 6.64. The molecule has 1 radical (unpaired) electrons. The lowest BCUT2D eigenvalue weighted by atomic mass is 9.94. The van der Waals surface area contributed by atoms with Gasteiger partial charge in [0.2, 0.25) is 0 Å². The first kappa shape index (κ1) is 8.02. The monoisotopic (exact) mass is 142 g/mol. The van der Waals surface area contributed by atoms with Crippen LogP contribution >= 0.6 is 0 Å². The Hall–Kier alpha value is -0.0800. The molecule has 0 aliphatic carbocycles. The molecule has 1 fully saturated rings. The van der Waals surface area contributed by atoms with Gasteiger partial charge in [0.1, 0.15) is 0 Å². The summed E-state index contributed by atoms with van der Waals surface area (Å²) < 4.78 is 0. The van der Waals surface area contributed by atoms with Crippen molar-refractivity contribution in [2.45, 2.75) is 25.4 Å². The topological polar surface area (TPSA) is 23.5 Å². The van der Waals surface area contributed by atoms with Gasteiger partial charge in [0, 0.05) is 13.1 Å². The third-order valence-electron chi connectivity index (χ3n) is 2.25. The average molecular weight is 142 g/mol. The summed E-state index contributed by atoms with van der Waals surface area (Å²) in [4.78, 5) is 2.26. The SMILES string of the molecule is [CH2]CN1CCC(C)(O)CC1. The molecule has 10 heavy (non-hydrogen) atoms. The van der Waals surface area contributed by atoms with Gasteiger partial charge in [0.25, 0.3) is 0 Å². The van der Waals surface area contributed by atoms with E-state index < -0.39 is 5.60 Å². The second kappa shape index (κ2) is 2.89. The highest BCUT2D eigenvalue weighted by atomic mass is 16.3. The van der Waals surface area contributed by atoms with E-state index in [1.165, 1.54) is 0 Å². The second-order valence-corrected chi connectivity index (χ2v) is 3.34. The number of nitrogens with zero attached hydrogens (tertiary/aromatic N) is 1. The Morgan fingerprint density at radius 1 is 1.50 bits per heavy atom. The maximum atomic E-state index is 9.54. The van der Waals surface area contributed by atoms with Crippen LogP contribution in [0.1, 0.15) is 19.8 Å². The molecule has 1 rings (SSSR count). The molecular formula is C8H16NO. The first-order valence-electron chi connectivity index (χ1n) is 3.88. The largest absolute Gasteiger partial charge is 0.390 e. The Bertz CT molecular complexity index is 102. The predicted molar refractivity (Wildman–Crippen MR) is 41.7 cm³/mol. The number of hydrogen-bond acceptors (Lipinski definition) is 2. The van der Waals surface area contributed by atoms with Gasteiger partial charge in [0.05, 0.1) is 5.60 Å². The summed E-state index contributed by atoms with van der Waals surface area (Å²) in [6.45, 7) is 8.58. The molecule has 0 aromatic carbocycles. The molecule has 1 heterocycles. The molecule has 1 aliphatic rings. The number of piperidine rings is 1. The van der Waals surface area contributed by atoms with Crippen LogP contribution in [0.25, 0.3) is 0 Å². The molecular weight excluding hydrogens is 126 g/mol. The molecule has 1 saturated heterocycles. The van der Waals surface area contributed by atoms with Crippen LogP contribution in [0.2, 0.25) is 0 Å². The summed E-state index contributed by atoms with van der Waals surface area (Å²) in [6.07, 6.45) is 1.78. The van der Waals surface area contributed by atoms with Crippen molar-refractivity contribution in [1.82, 2.24) is 4.90 Å². The number of likely N-dealkylation sites (tertiary alicyclic amines) is 1. The van der Waals surface area contributed by atoms with Crippen molar-refractivity contribution >= 4 is 0 Å². The lowest BCUT2D eigenvalue weighted by Gasteiger charge is -2.34. The lowest BCUT2D eigenvalue weighted by Crippen LogP contribution is -2.42. The fraction of sp³-hybridized carbons (Fsp3) is 0.875. The van der Waals surface area contributed by atoms with Crippen molar-refractivity contribution in [2.24, 2.45) is 0 Å². The van der Waals surface area contributed by atoms with E-state index in [-0.39, 0.29) is 0 Å². The normalized spacial score (nSPS) is 26.7. The standard InChI is InChI=1S/C8H16NO/c1-3-9-6-4-8(2,10)5-7-9/h10H,1,3-7H2,2H3. The van der Waals surface area contributed by atoms with Crippen LogP contribution in [-0.4, -0.2) is 35.2 Å². The van der Waals surface area contributed by atoms with E-state index in [4.69, 9.17) is 0 Å². The van der Waals surface area contributed by atoms with Gasteiger partial charge >= 0.3 is 0 Å². The molecule has 0 saturated carbocycles. The zero-order valence-corrected chi connectivity index (χ0v) is 6.64. The first-order valence-corrected chi connectivity index (χ1v) is 3.88. The molecule has 2 nitrogen and oxygen atoms in total. The van der Waals surface area contributed by atoms with Gasteiger partial charge in [0.15, 0.2) is 0 Å². The Labute approximate surface area is 62.8 Å². The first-order chi connectivity index (χ1) is 4.64. The zero-order chi connectivity index (χ0) is 7.61. The molecule has 1 N–H and O–H groups in total. The van der Waals surface area contributed by atoms with Crippen LogP contribution < -0.4 is 0 Å². The molecule has 0 aromatic heterocycles. The van der Waals surface area contributed by atoms with E-state index in [1.807, 2.05) is 6.92 Å². The van der Waals surface area contributed by atoms with E-state index >= 15 is 0 Å². The van der Waals surface area contributed by atoms with Crippen LogP contribution in [0.15, 0.2) is 0 Å². The minimum atomic E-state index is -0.411. The van der Waals surface area contributed by atoms with Gasteiger partial charge in [-0.3, -0.25) is 0 Å². The third-order valence-corrected chi connectivity index (χ3v) is 2.25. The van der Waals surface area contributed by atoms with Gasteiger partial charge in [-0.1, -0.05) is 0 Å². The maximum Gasteiger partial charge on any atom is 0.0644 e. The lowest BCUT2D eigenvalue weighted by molar-refractivity contribution is -0.00258. The van der Waals surface area contributed by atoms with Crippen LogP contribution in [0.3, 0.4) is 0 Å². The third kappa shape index (κ3) is 1.96. The van der Waals surface area contributed by atoms with Gasteiger partial charge in [-0.05, 0) is 33.2 Å². The van der Waals surface area contributed by atoms with E-state index in [0.717, 1.165) is 32.5 Å². The van der Waals surface area contributed by atoms with Crippen LogP contribution in [0.4, 0.5) is 0 Å². The molecule has 0 aromatic rings. The predicted octanol–water partition coefficient (Wildman–Crippen LogP) is 0.667. The van der Waals surface area contributed by atoms with E-state index in [9.17, 15) is 5.11 Å². The summed E-state index contributed by atoms with van der Waals surface area (Å²) >= 11 is 0. The Morgan fingerprint density at radius 2 is 2.00 bits per heavy atom. The minimum absolute atomic E-state index is 0.411. The summed E-state index contributed by atoms with van der Waals surface area (Å²) in [6, 6.07) is 0. The van der Waals surface area contributed by atoms with Gasteiger partial charge < -0.3 is 10.0 Å². The van der Waals surface area contributed by atoms with Crippen molar-refractivity contribution in [3.05, 3.63) is 6.92 Å². The Balaban J connectivity index is 2.31. The molecule has 0 unspecified atom stereocenters. The molecule has 0 amide bonds. The van der Waals surface area contributed by atoms with Crippen molar-refractivity contribution in [2.75, 3.05) is 19.6 Å². The van der Waals surface area contributed by atoms with Crippen molar-refractivity contribution in [1.29, 1.82) is 0 Å². The quantitative estimate of drug-likeness (QED) is 0.581. The van der Waals surface area contributed by atoms with E-state index in [0.29, 0.717) is 0 Å². The molecule has 0 bridgehead atoms. The Kier molecular flexibility index (Phi) is 2.32. The van der Waals surface area contributed by atoms with Crippen LogP contribution in [0, 0.1) is 6.92 Å². The summed E-state index contributed by atoms with van der Waals surface area (Å²) in [7, 11) is 0. The number of rotatable bonds is 1. The maximum absolute atomic E-state index is 9.54. The average Bonchev–Trinajstić information content (AvgIpc) is 1.88. The molecule has 2 heteroatoms. The summed E-state index contributed by atoms with van der Waals surface area (Å²) in [5.41, 5.74) is -0.411. The number of aliphatic hydroxyl groups is 1. The van der Waals surface area contributed by atoms with E-state index in [2.05, 4.69) is 11.8 Å². The van der Waals surface area contributed by atoms with Gasteiger partial charge in [-0.2, -0.15) is 0 Å². The van der Waals surface area contributed by atoms with Gasteiger partial charge in [-0.25, -0.2) is 0 Å². The van der Waals surface area contributed by atoms with E-state index in [1.54, 1.807) is 0 Å². The van der Waals surface area contributed by atoms with Crippen molar-refractivity contribution in [3.8, 4) is 0 Å². The smallest absolute Gasteiger partial charge is 0.0644 e. The molecule has 0 spiro atoms. The summed E-state index contributed by atoms with van der Waals surface area (Å²) in [5, 5.41) is 9.54. The second-order valence-electron chi connectivity index (χ2n) is 3.34. The Morgan fingerprint density at radius 3 is 2.40 bits per heavy atom. The minimum Gasteiger partial charge on any atom is -0.390 e. The highest BCUT2D eigenvalue weighted by Crippen LogP contribution is 2.20. The molecule has 59 valence electrons. The van der Waals surface area contributed by atoms with Crippen LogP contribution in [0.5, 0.6) is 0 Å². The van der Waals surface area contributed by atoms with Gasteiger partial charge in [-0.15, -0.1) is 0 Å². The molecule has 0 atom stereocenters. The fourth-order valence-electron chi connectivity index (χ4n) is 1.26. The number of hydrogen-bond donors (Lipinski definition) is 1. The highest BCUT2D eigenvalue weighted by Gasteiger charge is 2.25. The fourth-order valence-corrected chi connectivity index (χ4v) is 1.26. The highest BCUT2D eigenvalue weighted by molar-refractivity contribution is 4.81.